The molecule has 0 bridgehead atoms. The van der Waals surface area contributed by atoms with E-state index < -0.39 is 13.9 Å². The van der Waals surface area contributed by atoms with Crippen LogP contribution in [0.2, 0.25) is 18.1 Å². The van der Waals surface area contributed by atoms with Crippen LogP contribution in [0.15, 0.2) is 11.6 Å². The second kappa shape index (κ2) is 8.23. The number of amides is 1. The maximum absolute atomic E-state index is 12.6. The van der Waals surface area contributed by atoms with Crippen molar-refractivity contribution in [1.82, 2.24) is 4.90 Å². The molecule has 0 saturated heterocycles. The van der Waals surface area contributed by atoms with Crippen LogP contribution in [-0.4, -0.2) is 57.8 Å². The molecule has 0 aromatic carbocycles. The minimum atomic E-state index is -1.88. The summed E-state index contributed by atoms with van der Waals surface area (Å²) in [4.78, 5) is 14.4. The molecule has 0 aromatic heterocycles. The molecule has 146 valence electrons. The van der Waals surface area contributed by atoms with Crippen molar-refractivity contribution in [3.05, 3.63) is 11.6 Å². The molecule has 6 heteroatoms. The normalized spacial score (nSPS) is 19.6. The number of hydrogen-bond acceptors (Lipinski definition) is 4. The lowest BCUT2D eigenvalue weighted by molar-refractivity contribution is 0.0136. The van der Waals surface area contributed by atoms with E-state index >= 15 is 0 Å². The number of rotatable bonds is 5. The molecule has 25 heavy (non-hydrogen) atoms. The highest BCUT2D eigenvalue weighted by Gasteiger charge is 2.39. The highest BCUT2D eigenvalue weighted by molar-refractivity contribution is 6.74. The van der Waals surface area contributed by atoms with E-state index in [4.69, 9.17) is 13.9 Å². The molecule has 0 aromatic rings. The van der Waals surface area contributed by atoms with E-state index in [1.807, 2.05) is 20.8 Å². The Labute approximate surface area is 154 Å². The summed E-state index contributed by atoms with van der Waals surface area (Å²) in [6.07, 6.45) is 2.65. The molecule has 0 saturated carbocycles. The number of hydrogen-bond donors (Lipinski definition) is 0. The summed E-state index contributed by atoms with van der Waals surface area (Å²) in [6.45, 7) is 18.5. The molecule has 0 aliphatic carbocycles. The lowest BCUT2D eigenvalue weighted by Gasteiger charge is -2.40. The average molecular weight is 372 g/mol. The summed E-state index contributed by atoms with van der Waals surface area (Å²) in [5, 5.41) is 0.136. The molecule has 0 radical (unpaired) electrons. The summed E-state index contributed by atoms with van der Waals surface area (Å²) >= 11 is 0. The SMILES string of the molecule is COCC1=C[C@@H](CO[Si](C)(C)C(C)(C)C)N(C(=O)OC(C)(C)C)CC1. The van der Waals surface area contributed by atoms with Crippen molar-refractivity contribution in [3.8, 4) is 0 Å². The number of carbonyl (C=O) groups is 1. The molecule has 1 aliphatic rings. The maximum Gasteiger partial charge on any atom is 0.410 e. The first kappa shape index (κ1) is 22.2. The Balaban J connectivity index is 2.92. The van der Waals surface area contributed by atoms with Crippen molar-refractivity contribution in [2.75, 3.05) is 26.9 Å². The molecule has 0 spiro atoms. The van der Waals surface area contributed by atoms with Gasteiger partial charge in [-0.05, 0) is 50.9 Å². The van der Waals surface area contributed by atoms with E-state index in [-0.39, 0.29) is 17.2 Å². The van der Waals surface area contributed by atoms with Gasteiger partial charge in [0.15, 0.2) is 8.32 Å². The van der Waals surface area contributed by atoms with E-state index in [9.17, 15) is 4.79 Å². The molecular formula is C19H37NO4Si. The molecule has 1 atom stereocenters. The molecule has 0 unspecified atom stereocenters. The molecular weight excluding hydrogens is 334 g/mol. The standard InChI is InChI=1S/C19H37NO4Si/c1-18(2,3)24-17(21)20-11-10-15(13-22-7)12-16(20)14-23-25(8,9)19(4,5)6/h12,16H,10-11,13-14H2,1-9H3/t16-/m0/s1. The third kappa shape index (κ3) is 6.75. The van der Waals surface area contributed by atoms with Crippen LogP contribution in [-0.2, 0) is 13.9 Å². The van der Waals surface area contributed by atoms with Crippen LogP contribution in [0.4, 0.5) is 4.79 Å². The lowest BCUT2D eigenvalue weighted by atomic mass is 10.0. The minimum Gasteiger partial charge on any atom is -0.444 e. The second-order valence-electron chi connectivity index (χ2n) is 9.32. The maximum atomic E-state index is 12.6. The lowest BCUT2D eigenvalue weighted by Crippen LogP contribution is -2.50. The van der Waals surface area contributed by atoms with Crippen LogP contribution in [0.5, 0.6) is 0 Å². The Morgan fingerprint density at radius 2 is 1.84 bits per heavy atom. The summed E-state index contributed by atoms with van der Waals surface area (Å²) in [5.74, 6) is 0. The van der Waals surface area contributed by atoms with Crippen molar-refractivity contribution in [2.45, 2.75) is 77.7 Å². The first-order valence-corrected chi connectivity index (χ1v) is 12.0. The van der Waals surface area contributed by atoms with Crippen LogP contribution in [0.25, 0.3) is 0 Å². The van der Waals surface area contributed by atoms with Crippen LogP contribution >= 0.6 is 0 Å². The minimum absolute atomic E-state index is 0.108. The van der Waals surface area contributed by atoms with Gasteiger partial charge in [-0.15, -0.1) is 0 Å². The third-order valence-corrected chi connectivity index (χ3v) is 9.38. The van der Waals surface area contributed by atoms with Crippen molar-refractivity contribution in [3.63, 3.8) is 0 Å². The molecule has 1 aliphatic heterocycles. The van der Waals surface area contributed by atoms with Crippen molar-refractivity contribution >= 4 is 14.4 Å². The van der Waals surface area contributed by atoms with Crippen molar-refractivity contribution < 1.29 is 18.7 Å². The summed E-state index contributed by atoms with van der Waals surface area (Å²) in [7, 11) is -0.183. The zero-order valence-electron chi connectivity index (χ0n) is 17.6. The van der Waals surface area contributed by atoms with E-state index in [0.717, 1.165) is 6.42 Å². The van der Waals surface area contributed by atoms with Crippen molar-refractivity contribution in [2.24, 2.45) is 0 Å². The van der Waals surface area contributed by atoms with E-state index in [1.54, 1.807) is 12.0 Å². The van der Waals surface area contributed by atoms with Gasteiger partial charge < -0.3 is 13.9 Å². The smallest absolute Gasteiger partial charge is 0.410 e. The number of ether oxygens (including phenoxy) is 2. The monoisotopic (exact) mass is 371 g/mol. The zero-order chi connectivity index (χ0) is 19.5. The van der Waals surface area contributed by atoms with E-state index in [1.165, 1.54) is 5.57 Å². The predicted molar refractivity (Wildman–Crippen MR) is 104 cm³/mol. The van der Waals surface area contributed by atoms with Gasteiger partial charge in [0.1, 0.15) is 5.60 Å². The molecule has 0 N–H and O–H groups in total. The van der Waals surface area contributed by atoms with Crippen molar-refractivity contribution in [1.29, 1.82) is 0 Å². The van der Waals surface area contributed by atoms with Gasteiger partial charge in [-0.3, -0.25) is 4.90 Å². The van der Waals surface area contributed by atoms with E-state index in [0.29, 0.717) is 19.8 Å². The van der Waals surface area contributed by atoms with Gasteiger partial charge in [-0.25, -0.2) is 4.79 Å². The zero-order valence-corrected chi connectivity index (χ0v) is 18.6. The van der Waals surface area contributed by atoms with Gasteiger partial charge in [0.05, 0.1) is 19.3 Å². The van der Waals surface area contributed by atoms with Gasteiger partial charge in [-0.1, -0.05) is 26.8 Å². The highest BCUT2D eigenvalue weighted by Crippen LogP contribution is 2.37. The highest BCUT2D eigenvalue weighted by atomic mass is 28.4. The van der Waals surface area contributed by atoms with Gasteiger partial charge >= 0.3 is 6.09 Å². The fourth-order valence-electron chi connectivity index (χ4n) is 2.38. The molecule has 0 fully saturated rings. The predicted octanol–water partition coefficient (Wildman–Crippen LogP) is 4.59. The van der Waals surface area contributed by atoms with Gasteiger partial charge in [0.25, 0.3) is 0 Å². The Morgan fingerprint density at radius 3 is 2.32 bits per heavy atom. The number of methoxy groups -OCH3 is 1. The molecule has 5 nitrogen and oxygen atoms in total. The molecule has 1 rings (SSSR count). The molecule has 1 heterocycles. The molecule has 1 amide bonds. The third-order valence-electron chi connectivity index (χ3n) is 4.88. The van der Waals surface area contributed by atoms with Crippen LogP contribution in [0, 0.1) is 0 Å². The fraction of sp³-hybridized carbons (Fsp3) is 0.842. The van der Waals surface area contributed by atoms with Gasteiger partial charge in [0.2, 0.25) is 0 Å². The van der Waals surface area contributed by atoms with E-state index in [2.05, 4.69) is 39.9 Å². The number of carbonyl (C=O) groups excluding carboxylic acids is 1. The van der Waals surface area contributed by atoms with Crippen LogP contribution in [0.1, 0.15) is 48.0 Å². The largest absolute Gasteiger partial charge is 0.444 e. The average Bonchev–Trinajstić information content (AvgIpc) is 2.42. The van der Waals surface area contributed by atoms with Crippen LogP contribution in [0.3, 0.4) is 0 Å². The summed E-state index contributed by atoms with van der Waals surface area (Å²) < 4.78 is 17.2. The Bertz CT molecular complexity index is 489. The second-order valence-corrected chi connectivity index (χ2v) is 14.1. The summed E-state index contributed by atoms with van der Waals surface area (Å²) in [6, 6.07) is -0.108. The van der Waals surface area contributed by atoms with Crippen LogP contribution < -0.4 is 0 Å². The first-order chi connectivity index (χ1) is 11.3. The quantitative estimate of drug-likeness (QED) is 0.524. The van der Waals surface area contributed by atoms with Gasteiger partial charge in [0, 0.05) is 13.7 Å². The summed E-state index contributed by atoms with van der Waals surface area (Å²) in [5.41, 5.74) is 0.712. The Kier molecular flexibility index (Phi) is 7.30. The Hall–Kier alpha value is -0.853. The Morgan fingerprint density at radius 1 is 1.24 bits per heavy atom. The topological polar surface area (TPSA) is 48.0 Å². The fourth-order valence-corrected chi connectivity index (χ4v) is 3.40. The number of nitrogens with zero attached hydrogens (tertiary/aromatic N) is 1. The first-order valence-electron chi connectivity index (χ1n) is 9.09. The van der Waals surface area contributed by atoms with Gasteiger partial charge in [-0.2, -0.15) is 0 Å².